The van der Waals surface area contributed by atoms with Crippen LogP contribution in [0.2, 0.25) is 0 Å². The van der Waals surface area contributed by atoms with Gasteiger partial charge in [0.25, 0.3) is 0 Å². The zero-order valence-corrected chi connectivity index (χ0v) is 10.2. The molecule has 2 nitrogen and oxygen atoms in total. The van der Waals surface area contributed by atoms with Crippen molar-refractivity contribution in [3.8, 4) is 0 Å². The molecule has 1 aliphatic heterocycles. The minimum Gasteiger partial charge on any atom is -0.496 e. The van der Waals surface area contributed by atoms with Gasteiger partial charge in [0.2, 0.25) is 0 Å². The van der Waals surface area contributed by atoms with Crippen LogP contribution in [0.5, 0.6) is 0 Å². The number of likely N-dealkylation sites (N-methyl/N-ethyl adjacent to an activating group) is 1. The molecular formula is C14H23NO. The van der Waals surface area contributed by atoms with Crippen LogP contribution in [0, 0.1) is 17.8 Å². The van der Waals surface area contributed by atoms with Gasteiger partial charge in [-0.15, -0.1) is 0 Å². The molecule has 0 aromatic carbocycles. The van der Waals surface area contributed by atoms with Gasteiger partial charge in [0, 0.05) is 6.42 Å². The predicted molar refractivity (Wildman–Crippen MR) is 65.1 cm³/mol. The normalized spacial score (nSPS) is 38.6. The van der Waals surface area contributed by atoms with E-state index in [4.69, 9.17) is 4.74 Å². The summed E-state index contributed by atoms with van der Waals surface area (Å²) in [7, 11) is 0. The molecule has 1 heterocycles. The van der Waals surface area contributed by atoms with Crippen molar-refractivity contribution in [2.24, 2.45) is 17.8 Å². The summed E-state index contributed by atoms with van der Waals surface area (Å²) < 4.78 is 5.77. The molecule has 16 heavy (non-hydrogen) atoms. The van der Waals surface area contributed by atoms with E-state index in [1.807, 2.05) is 0 Å². The monoisotopic (exact) mass is 221 g/mol. The van der Waals surface area contributed by atoms with Gasteiger partial charge in [-0.3, -0.25) is 0 Å². The molecule has 3 unspecified atom stereocenters. The molecule has 3 atom stereocenters. The number of hydrogen-bond donors (Lipinski definition) is 1. The summed E-state index contributed by atoms with van der Waals surface area (Å²) in [6.07, 6.45) is 9.25. The number of hydrogen-bond acceptors (Lipinski definition) is 2. The van der Waals surface area contributed by atoms with Crippen LogP contribution in [0.25, 0.3) is 0 Å². The fourth-order valence-electron chi connectivity index (χ4n) is 3.84. The maximum Gasteiger partial charge on any atom is 0.109 e. The molecule has 2 saturated carbocycles. The predicted octanol–water partition coefficient (Wildman–Crippen LogP) is 2.70. The van der Waals surface area contributed by atoms with E-state index in [2.05, 4.69) is 18.3 Å². The zero-order valence-electron chi connectivity index (χ0n) is 10.2. The van der Waals surface area contributed by atoms with Crippen LogP contribution in [0.4, 0.5) is 0 Å². The molecule has 0 bridgehead atoms. The summed E-state index contributed by atoms with van der Waals surface area (Å²) in [6, 6.07) is 0.528. The summed E-state index contributed by atoms with van der Waals surface area (Å²) in [5.74, 6) is 4.14. The molecule has 0 aromatic rings. The third kappa shape index (κ3) is 1.77. The quantitative estimate of drug-likeness (QED) is 0.788. The van der Waals surface area contributed by atoms with E-state index in [0.29, 0.717) is 6.04 Å². The van der Waals surface area contributed by atoms with Crippen molar-refractivity contribution in [3.05, 3.63) is 11.8 Å². The Balaban J connectivity index is 1.69. The molecule has 0 aromatic heterocycles. The van der Waals surface area contributed by atoms with E-state index in [1.165, 1.54) is 31.4 Å². The molecule has 2 aliphatic carbocycles. The number of rotatable bonds is 4. The first kappa shape index (κ1) is 10.6. The summed E-state index contributed by atoms with van der Waals surface area (Å²) >= 11 is 0. The van der Waals surface area contributed by atoms with E-state index >= 15 is 0 Å². The van der Waals surface area contributed by atoms with Gasteiger partial charge in [-0.25, -0.2) is 0 Å². The standard InChI is InChI=1S/C14H23NO/c1-2-15-14(12-8-5-9-16-12)13-10-6-3-4-7-11(10)13/h8,10-11,13-15H,2-7,9H2,1H3. The lowest BCUT2D eigenvalue weighted by Gasteiger charge is -2.19. The lowest BCUT2D eigenvalue weighted by atomic mass is 10.0. The maximum atomic E-state index is 5.77. The van der Waals surface area contributed by atoms with Crippen molar-refractivity contribution in [2.75, 3.05) is 13.2 Å². The minimum atomic E-state index is 0.528. The number of ether oxygens (including phenoxy) is 1. The van der Waals surface area contributed by atoms with Crippen LogP contribution < -0.4 is 5.32 Å². The Morgan fingerprint density at radius 2 is 2.12 bits per heavy atom. The van der Waals surface area contributed by atoms with E-state index in [1.54, 1.807) is 0 Å². The molecule has 0 saturated heterocycles. The Morgan fingerprint density at radius 3 is 2.69 bits per heavy atom. The number of fused-ring (bicyclic) bond motifs is 1. The third-order valence-corrected chi connectivity index (χ3v) is 4.57. The lowest BCUT2D eigenvalue weighted by molar-refractivity contribution is 0.205. The van der Waals surface area contributed by atoms with Gasteiger partial charge < -0.3 is 10.1 Å². The lowest BCUT2D eigenvalue weighted by Crippen LogP contribution is -2.34. The highest BCUT2D eigenvalue weighted by Gasteiger charge is 2.55. The van der Waals surface area contributed by atoms with E-state index in [9.17, 15) is 0 Å². The van der Waals surface area contributed by atoms with Crippen molar-refractivity contribution in [1.82, 2.24) is 5.32 Å². The van der Waals surface area contributed by atoms with Crippen molar-refractivity contribution >= 4 is 0 Å². The van der Waals surface area contributed by atoms with Crippen LogP contribution in [0.1, 0.15) is 39.0 Å². The van der Waals surface area contributed by atoms with Crippen LogP contribution in [-0.2, 0) is 4.74 Å². The molecule has 2 heteroatoms. The summed E-state index contributed by atoms with van der Waals surface area (Å²) in [5, 5.41) is 3.65. The van der Waals surface area contributed by atoms with Crippen LogP contribution in [0.15, 0.2) is 11.8 Å². The Bertz CT molecular complexity index is 274. The maximum absolute atomic E-state index is 5.77. The second-order valence-electron chi connectivity index (χ2n) is 5.47. The van der Waals surface area contributed by atoms with Gasteiger partial charge in [0.1, 0.15) is 5.76 Å². The first-order chi connectivity index (χ1) is 7.92. The molecule has 0 radical (unpaired) electrons. The van der Waals surface area contributed by atoms with Gasteiger partial charge in [-0.1, -0.05) is 19.8 Å². The molecule has 3 aliphatic rings. The van der Waals surface area contributed by atoms with Crippen molar-refractivity contribution < 1.29 is 4.74 Å². The second kappa shape index (κ2) is 4.40. The summed E-state index contributed by atoms with van der Waals surface area (Å²) in [4.78, 5) is 0. The number of nitrogens with one attached hydrogen (secondary N) is 1. The van der Waals surface area contributed by atoms with E-state index in [-0.39, 0.29) is 0 Å². The highest BCUT2D eigenvalue weighted by atomic mass is 16.5. The van der Waals surface area contributed by atoms with E-state index < -0.39 is 0 Å². The highest BCUT2D eigenvalue weighted by molar-refractivity contribution is 5.17. The smallest absolute Gasteiger partial charge is 0.109 e. The van der Waals surface area contributed by atoms with Crippen LogP contribution in [-0.4, -0.2) is 19.2 Å². The molecule has 2 fully saturated rings. The largest absolute Gasteiger partial charge is 0.496 e. The SMILES string of the molecule is CCNC(C1=CCCO1)C1C2CCCCC21. The van der Waals surface area contributed by atoms with Crippen molar-refractivity contribution in [3.63, 3.8) is 0 Å². The van der Waals surface area contributed by atoms with Gasteiger partial charge in [0.05, 0.1) is 12.6 Å². The van der Waals surface area contributed by atoms with Crippen molar-refractivity contribution in [1.29, 1.82) is 0 Å². The van der Waals surface area contributed by atoms with Gasteiger partial charge in [-0.2, -0.15) is 0 Å². The minimum absolute atomic E-state index is 0.528. The summed E-state index contributed by atoms with van der Waals surface area (Å²) in [6.45, 7) is 4.16. The highest BCUT2D eigenvalue weighted by Crippen LogP contribution is 2.58. The summed E-state index contributed by atoms with van der Waals surface area (Å²) in [5.41, 5.74) is 0. The first-order valence-corrected chi connectivity index (χ1v) is 6.98. The Hall–Kier alpha value is -0.500. The molecule has 0 amide bonds. The van der Waals surface area contributed by atoms with E-state index in [0.717, 1.165) is 37.3 Å². The third-order valence-electron chi connectivity index (χ3n) is 4.57. The van der Waals surface area contributed by atoms with Gasteiger partial charge in [0.15, 0.2) is 0 Å². The zero-order chi connectivity index (χ0) is 11.0. The molecule has 3 rings (SSSR count). The first-order valence-electron chi connectivity index (χ1n) is 6.98. The molecular weight excluding hydrogens is 198 g/mol. The Kier molecular flexibility index (Phi) is 2.93. The Morgan fingerprint density at radius 1 is 1.38 bits per heavy atom. The molecule has 0 spiro atoms. The van der Waals surface area contributed by atoms with Crippen LogP contribution in [0.3, 0.4) is 0 Å². The second-order valence-corrected chi connectivity index (χ2v) is 5.47. The fraction of sp³-hybridized carbons (Fsp3) is 0.857. The van der Waals surface area contributed by atoms with Crippen molar-refractivity contribution in [2.45, 2.75) is 45.1 Å². The van der Waals surface area contributed by atoms with Gasteiger partial charge >= 0.3 is 0 Å². The fourth-order valence-corrected chi connectivity index (χ4v) is 3.84. The molecule has 1 N–H and O–H groups in total. The average molecular weight is 221 g/mol. The van der Waals surface area contributed by atoms with Gasteiger partial charge in [-0.05, 0) is 43.2 Å². The Labute approximate surface area is 98.4 Å². The average Bonchev–Trinajstić information content (AvgIpc) is 2.78. The topological polar surface area (TPSA) is 21.3 Å². The molecule has 90 valence electrons. The van der Waals surface area contributed by atoms with Crippen LogP contribution >= 0.6 is 0 Å².